The van der Waals surface area contributed by atoms with Crippen LogP contribution < -0.4 is 10.1 Å². The van der Waals surface area contributed by atoms with Crippen molar-refractivity contribution >= 4 is 5.91 Å². The Bertz CT molecular complexity index is 1040. The van der Waals surface area contributed by atoms with E-state index in [-0.39, 0.29) is 5.91 Å². The third-order valence-corrected chi connectivity index (χ3v) is 5.33. The van der Waals surface area contributed by atoms with E-state index in [1.807, 2.05) is 43.3 Å². The summed E-state index contributed by atoms with van der Waals surface area (Å²) in [6.07, 6.45) is 2.65. The van der Waals surface area contributed by atoms with Crippen LogP contribution in [-0.2, 0) is 10.2 Å². The molecule has 0 fully saturated rings. The highest BCUT2D eigenvalue weighted by atomic mass is 16.5. The lowest BCUT2D eigenvalue weighted by molar-refractivity contribution is -0.134. The number of amides is 1. The Morgan fingerprint density at radius 1 is 1.21 bits per heavy atom. The number of likely N-dealkylation sites (N-methyl/N-ethyl adjacent to an activating group) is 1. The van der Waals surface area contributed by atoms with Gasteiger partial charge >= 0.3 is 0 Å². The Kier molecular flexibility index (Phi) is 7.84. The van der Waals surface area contributed by atoms with E-state index >= 15 is 0 Å². The van der Waals surface area contributed by atoms with Crippen LogP contribution in [0.4, 0.5) is 0 Å². The smallest absolute Gasteiger partial charge is 0.237 e. The summed E-state index contributed by atoms with van der Waals surface area (Å²) in [5.74, 6) is 1.04. The van der Waals surface area contributed by atoms with E-state index in [1.54, 1.807) is 40.4 Å². The van der Waals surface area contributed by atoms with Gasteiger partial charge in [0, 0.05) is 50.2 Å². The van der Waals surface area contributed by atoms with E-state index < -0.39 is 11.5 Å². The summed E-state index contributed by atoms with van der Waals surface area (Å²) in [5.41, 5.74) is 2.40. The van der Waals surface area contributed by atoms with Crippen molar-refractivity contribution in [2.45, 2.75) is 32.3 Å². The number of aromatic nitrogens is 2. The second-order valence-corrected chi connectivity index (χ2v) is 8.69. The number of aliphatic hydroxyl groups is 1. The molecule has 1 atom stereocenters. The molecule has 8 nitrogen and oxygen atoms in total. The molecule has 8 heteroatoms. The van der Waals surface area contributed by atoms with Crippen LogP contribution >= 0.6 is 0 Å². The number of nitrogens with one attached hydrogen (secondary N) is 1. The second kappa shape index (κ2) is 10.6. The van der Waals surface area contributed by atoms with E-state index in [0.29, 0.717) is 31.3 Å². The molecule has 0 aliphatic heterocycles. The average molecular weight is 453 g/mol. The van der Waals surface area contributed by atoms with Crippen LogP contribution in [0.3, 0.4) is 0 Å². The van der Waals surface area contributed by atoms with Crippen molar-refractivity contribution < 1.29 is 19.1 Å². The summed E-state index contributed by atoms with van der Waals surface area (Å²) in [4.78, 5) is 22.7. The van der Waals surface area contributed by atoms with Crippen molar-refractivity contribution in [3.8, 4) is 17.0 Å². The molecular weight excluding hydrogens is 420 g/mol. The number of benzene rings is 1. The quantitative estimate of drug-likeness (QED) is 0.456. The van der Waals surface area contributed by atoms with Crippen LogP contribution in [0.5, 0.6) is 5.75 Å². The first kappa shape index (κ1) is 24.4. The van der Waals surface area contributed by atoms with Crippen LogP contribution in [0.25, 0.3) is 11.3 Å². The largest absolute Gasteiger partial charge is 0.492 e. The zero-order chi connectivity index (χ0) is 24.0. The summed E-state index contributed by atoms with van der Waals surface area (Å²) in [7, 11) is 3.43. The molecule has 2 heterocycles. The minimum absolute atomic E-state index is 0.0729. The molecule has 1 amide bonds. The summed E-state index contributed by atoms with van der Waals surface area (Å²) in [5, 5.41) is 13.4. The minimum atomic E-state index is -0.846. The minimum Gasteiger partial charge on any atom is -0.492 e. The molecule has 1 unspecified atom stereocenters. The van der Waals surface area contributed by atoms with Gasteiger partial charge in [0.15, 0.2) is 0 Å². The normalized spacial score (nSPS) is 12.4. The Morgan fingerprint density at radius 2 is 1.94 bits per heavy atom. The number of carbonyl (C=O) groups is 1. The van der Waals surface area contributed by atoms with Gasteiger partial charge in [-0.25, -0.2) is 4.98 Å². The molecule has 0 aliphatic carbocycles. The lowest BCUT2D eigenvalue weighted by Crippen LogP contribution is -2.39. The van der Waals surface area contributed by atoms with Gasteiger partial charge in [0.05, 0.1) is 6.10 Å². The Hall–Kier alpha value is -3.23. The second-order valence-electron chi connectivity index (χ2n) is 8.69. The van der Waals surface area contributed by atoms with Crippen molar-refractivity contribution in [2.24, 2.45) is 0 Å². The fourth-order valence-corrected chi connectivity index (χ4v) is 3.34. The van der Waals surface area contributed by atoms with E-state index in [2.05, 4.69) is 15.3 Å². The fraction of sp³-hybridized carbons (Fsp3) is 0.400. The number of pyridine rings is 1. The van der Waals surface area contributed by atoms with Gasteiger partial charge in [0.1, 0.15) is 29.7 Å². The van der Waals surface area contributed by atoms with Crippen LogP contribution in [-0.4, -0.2) is 59.7 Å². The molecule has 0 bridgehead atoms. The maximum absolute atomic E-state index is 12.4. The molecule has 33 heavy (non-hydrogen) atoms. The van der Waals surface area contributed by atoms with E-state index in [1.165, 1.54) is 4.90 Å². The van der Waals surface area contributed by atoms with Crippen molar-refractivity contribution in [1.29, 1.82) is 0 Å². The maximum Gasteiger partial charge on any atom is 0.237 e. The lowest BCUT2D eigenvalue weighted by atomic mass is 9.91. The predicted octanol–water partition coefficient (Wildman–Crippen LogP) is 3.11. The molecule has 3 rings (SSSR count). The van der Waals surface area contributed by atoms with Crippen molar-refractivity contribution in [2.75, 3.05) is 33.8 Å². The van der Waals surface area contributed by atoms with Crippen molar-refractivity contribution in [3.05, 3.63) is 66.0 Å². The summed E-state index contributed by atoms with van der Waals surface area (Å²) in [6, 6.07) is 11.3. The molecule has 0 spiro atoms. The number of hydrogen-bond acceptors (Lipinski definition) is 7. The van der Waals surface area contributed by atoms with Gasteiger partial charge < -0.3 is 24.5 Å². The number of ether oxygens (including phenoxy) is 1. The molecule has 3 aromatic rings. The highest BCUT2D eigenvalue weighted by molar-refractivity contribution is 5.86. The van der Waals surface area contributed by atoms with Crippen LogP contribution in [0.1, 0.15) is 37.1 Å². The summed E-state index contributed by atoms with van der Waals surface area (Å²) < 4.78 is 11.4. The summed E-state index contributed by atoms with van der Waals surface area (Å²) >= 11 is 0. The average Bonchev–Trinajstić information content (AvgIpc) is 3.30. The first-order valence-electron chi connectivity index (χ1n) is 10.9. The lowest BCUT2D eigenvalue weighted by Gasteiger charge is -2.23. The molecule has 0 saturated heterocycles. The molecule has 0 saturated carbocycles. The zero-order valence-electron chi connectivity index (χ0n) is 19.8. The SMILES string of the molecule is Cc1ccc(C(O)CNCCOc2ccc(-c3coc(C(C)(C)C(=O)N(C)C)n3)cc2)cn1. The van der Waals surface area contributed by atoms with Gasteiger partial charge in [-0.1, -0.05) is 6.07 Å². The standard InChI is InChI=1S/C25H32N4O4/c1-17-6-7-19(14-27-17)22(30)15-26-12-13-32-20-10-8-18(9-11-20)21-16-33-23(28-21)25(2,3)24(31)29(4)5/h6-11,14,16,22,26,30H,12-13,15H2,1-5H3. The summed E-state index contributed by atoms with van der Waals surface area (Å²) in [6.45, 7) is 7.00. The van der Waals surface area contributed by atoms with Gasteiger partial charge in [-0.05, 0) is 51.1 Å². The van der Waals surface area contributed by atoms with Crippen LogP contribution in [0.2, 0.25) is 0 Å². The number of oxazole rings is 1. The Morgan fingerprint density at radius 3 is 2.58 bits per heavy atom. The monoisotopic (exact) mass is 452 g/mol. The topological polar surface area (TPSA) is 101 Å². The third kappa shape index (κ3) is 6.18. The predicted molar refractivity (Wildman–Crippen MR) is 126 cm³/mol. The van der Waals surface area contributed by atoms with E-state index in [4.69, 9.17) is 9.15 Å². The number of nitrogens with zero attached hydrogens (tertiary/aromatic N) is 3. The Labute approximate surface area is 194 Å². The van der Waals surface area contributed by atoms with Crippen molar-refractivity contribution in [1.82, 2.24) is 20.2 Å². The van der Waals surface area contributed by atoms with E-state index in [9.17, 15) is 9.90 Å². The molecule has 176 valence electrons. The third-order valence-electron chi connectivity index (χ3n) is 5.33. The molecule has 2 N–H and O–H groups in total. The van der Waals surface area contributed by atoms with Crippen LogP contribution in [0.15, 0.2) is 53.3 Å². The van der Waals surface area contributed by atoms with Gasteiger partial charge in [0.25, 0.3) is 0 Å². The number of hydrogen-bond donors (Lipinski definition) is 2. The number of carbonyl (C=O) groups excluding carboxylic acids is 1. The van der Waals surface area contributed by atoms with Crippen molar-refractivity contribution in [3.63, 3.8) is 0 Å². The van der Waals surface area contributed by atoms with Gasteiger partial charge in [-0.2, -0.15) is 0 Å². The molecule has 0 radical (unpaired) electrons. The van der Waals surface area contributed by atoms with Crippen LogP contribution in [0, 0.1) is 6.92 Å². The number of aryl methyl sites for hydroxylation is 1. The van der Waals surface area contributed by atoms with Gasteiger partial charge in [-0.3, -0.25) is 9.78 Å². The molecule has 1 aromatic carbocycles. The van der Waals surface area contributed by atoms with Gasteiger partial charge in [-0.15, -0.1) is 0 Å². The first-order chi connectivity index (χ1) is 15.7. The maximum atomic E-state index is 12.4. The highest BCUT2D eigenvalue weighted by Crippen LogP contribution is 2.28. The van der Waals surface area contributed by atoms with Gasteiger partial charge in [0.2, 0.25) is 11.8 Å². The molecule has 0 aliphatic rings. The fourth-order valence-electron chi connectivity index (χ4n) is 3.34. The zero-order valence-corrected chi connectivity index (χ0v) is 19.8. The first-order valence-corrected chi connectivity index (χ1v) is 10.9. The molecule has 2 aromatic heterocycles. The molecular formula is C25H32N4O4. The Balaban J connectivity index is 1.47. The highest BCUT2D eigenvalue weighted by Gasteiger charge is 2.36. The van der Waals surface area contributed by atoms with E-state index in [0.717, 1.165) is 22.6 Å². The number of aliphatic hydroxyl groups excluding tert-OH is 1. The number of rotatable bonds is 10.